The predicted molar refractivity (Wildman–Crippen MR) is 131 cm³/mol. The van der Waals surface area contributed by atoms with Crippen molar-refractivity contribution in [3.8, 4) is 0 Å². The smallest absolute Gasteiger partial charge is 0.326 e. The van der Waals surface area contributed by atoms with Crippen LogP contribution >= 0.6 is 0 Å². The van der Waals surface area contributed by atoms with E-state index in [9.17, 15) is 33.9 Å². The van der Waals surface area contributed by atoms with Crippen molar-refractivity contribution >= 4 is 35.6 Å². The number of nitrogens with one attached hydrogen (secondary N) is 3. The van der Waals surface area contributed by atoms with Gasteiger partial charge in [0, 0.05) is 12.8 Å². The van der Waals surface area contributed by atoms with Crippen LogP contribution in [0.4, 0.5) is 0 Å². The number of amides is 3. The molecule has 0 aliphatic carbocycles. The lowest BCUT2D eigenvalue weighted by molar-refractivity contribution is -0.144. The van der Waals surface area contributed by atoms with Crippen molar-refractivity contribution in [2.45, 2.75) is 88.4 Å². The van der Waals surface area contributed by atoms with Crippen LogP contribution < -0.4 is 33.2 Å². The summed E-state index contributed by atoms with van der Waals surface area (Å²) in [6.45, 7) is 0.786. The van der Waals surface area contributed by atoms with E-state index in [4.69, 9.17) is 27.4 Å². The average molecular weight is 533 g/mol. The van der Waals surface area contributed by atoms with Crippen molar-refractivity contribution in [2.24, 2.45) is 17.2 Å². The minimum Gasteiger partial charge on any atom is -0.481 e. The molecule has 212 valence electrons. The third-order valence-electron chi connectivity index (χ3n) is 5.43. The molecular weight excluding hydrogens is 492 g/mol. The van der Waals surface area contributed by atoms with Crippen molar-refractivity contribution in [1.82, 2.24) is 16.0 Å². The SMILES string of the molecule is NCCCCC(N)C(=O)NC(CCCCN)C(=O)NC(CCC(=O)O)C(=O)NC(CCC(=O)O)C(=O)O. The Kier molecular flexibility index (Phi) is 17.2. The molecule has 0 aromatic rings. The molecule has 15 heteroatoms. The fourth-order valence-electron chi connectivity index (χ4n) is 3.29. The predicted octanol–water partition coefficient (Wildman–Crippen LogP) is -2.16. The summed E-state index contributed by atoms with van der Waals surface area (Å²) >= 11 is 0. The first kappa shape index (κ1) is 33.7. The Labute approximate surface area is 214 Å². The zero-order chi connectivity index (χ0) is 28.4. The van der Waals surface area contributed by atoms with Crippen LogP contribution in [0.15, 0.2) is 0 Å². The molecular formula is C22H40N6O9. The van der Waals surface area contributed by atoms with E-state index in [0.717, 1.165) is 0 Å². The number of nitrogens with two attached hydrogens (primary N) is 3. The lowest BCUT2D eigenvalue weighted by atomic mass is 10.0. The van der Waals surface area contributed by atoms with Crippen LogP contribution in [0.5, 0.6) is 0 Å². The maximum Gasteiger partial charge on any atom is 0.326 e. The van der Waals surface area contributed by atoms with Gasteiger partial charge in [0.15, 0.2) is 0 Å². The van der Waals surface area contributed by atoms with E-state index in [-0.39, 0.29) is 12.8 Å². The second kappa shape index (κ2) is 18.9. The van der Waals surface area contributed by atoms with E-state index in [1.54, 1.807) is 0 Å². The number of carboxylic acid groups (broad SMARTS) is 3. The zero-order valence-corrected chi connectivity index (χ0v) is 20.8. The van der Waals surface area contributed by atoms with E-state index in [0.29, 0.717) is 45.2 Å². The summed E-state index contributed by atoms with van der Waals surface area (Å²) in [5.74, 6) is -6.40. The van der Waals surface area contributed by atoms with E-state index in [2.05, 4.69) is 16.0 Å². The third kappa shape index (κ3) is 15.4. The number of carboxylic acids is 3. The van der Waals surface area contributed by atoms with E-state index in [1.165, 1.54) is 0 Å². The number of aliphatic carboxylic acids is 3. The van der Waals surface area contributed by atoms with Gasteiger partial charge in [0.25, 0.3) is 0 Å². The summed E-state index contributed by atoms with van der Waals surface area (Å²) in [4.78, 5) is 71.6. The van der Waals surface area contributed by atoms with E-state index >= 15 is 0 Å². The fourth-order valence-corrected chi connectivity index (χ4v) is 3.29. The van der Waals surface area contributed by atoms with Gasteiger partial charge < -0.3 is 48.5 Å². The van der Waals surface area contributed by atoms with Gasteiger partial charge in [-0.2, -0.15) is 0 Å². The van der Waals surface area contributed by atoms with Crippen LogP contribution in [0, 0.1) is 0 Å². The van der Waals surface area contributed by atoms with Crippen LogP contribution in [0.2, 0.25) is 0 Å². The lowest BCUT2D eigenvalue weighted by Crippen LogP contribution is -2.57. The maximum atomic E-state index is 13.0. The van der Waals surface area contributed by atoms with Crippen molar-refractivity contribution in [1.29, 1.82) is 0 Å². The molecule has 0 bridgehead atoms. The molecule has 0 saturated heterocycles. The molecule has 0 aromatic carbocycles. The highest BCUT2D eigenvalue weighted by Crippen LogP contribution is 2.07. The molecule has 0 spiro atoms. The number of carbonyl (C=O) groups is 6. The maximum absolute atomic E-state index is 13.0. The molecule has 0 aromatic heterocycles. The van der Waals surface area contributed by atoms with Crippen LogP contribution in [0.25, 0.3) is 0 Å². The first-order chi connectivity index (χ1) is 17.4. The van der Waals surface area contributed by atoms with Crippen LogP contribution in [-0.2, 0) is 28.8 Å². The Morgan fingerprint density at radius 2 is 0.973 bits per heavy atom. The molecule has 3 amide bonds. The van der Waals surface area contributed by atoms with Crippen LogP contribution in [0.1, 0.15) is 64.2 Å². The van der Waals surface area contributed by atoms with Crippen molar-refractivity contribution < 1.29 is 44.1 Å². The van der Waals surface area contributed by atoms with E-state index in [1.807, 2.05) is 0 Å². The molecule has 15 nitrogen and oxygen atoms in total. The van der Waals surface area contributed by atoms with Crippen molar-refractivity contribution in [3.05, 3.63) is 0 Å². The highest BCUT2D eigenvalue weighted by molar-refractivity contribution is 5.94. The Hall–Kier alpha value is -3.30. The molecule has 12 N–H and O–H groups in total. The van der Waals surface area contributed by atoms with E-state index < -0.39 is 79.1 Å². The molecule has 37 heavy (non-hydrogen) atoms. The Balaban J connectivity index is 5.53. The van der Waals surface area contributed by atoms with Gasteiger partial charge in [0.05, 0.1) is 6.04 Å². The molecule has 0 saturated carbocycles. The van der Waals surface area contributed by atoms with Crippen LogP contribution in [-0.4, -0.2) is 88.2 Å². The minimum absolute atomic E-state index is 0.161. The summed E-state index contributed by atoms with van der Waals surface area (Å²) < 4.78 is 0. The Bertz CT molecular complexity index is 780. The normalized spacial score (nSPS) is 14.0. The summed E-state index contributed by atoms with van der Waals surface area (Å²) in [7, 11) is 0. The van der Waals surface area contributed by atoms with Gasteiger partial charge in [-0.1, -0.05) is 6.42 Å². The average Bonchev–Trinajstić information content (AvgIpc) is 2.82. The summed E-state index contributed by atoms with van der Waals surface area (Å²) in [6.07, 6.45) is 0.936. The first-order valence-corrected chi connectivity index (χ1v) is 12.2. The van der Waals surface area contributed by atoms with Crippen LogP contribution in [0.3, 0.4) is 0 Å². The van der Waals surface area contributed by atoms with Gasteiger partial charge in [-0.15, -0.1) is 0 Å². The lowest BCUT2D eigenvalue weighted by Gasteiger charge is -2.25. The summed E-state index contributed by atoms with van der Waals surface area (Å²) in [5.41, 5.74) is 16.8. The van der Waals surface area contributed by atoms with Gasteiger partial charge in [0.2, 0.25) is 17.7 Å². The van der Waals surface area contributed by atoms with Crippen molar-refractivity contribution in [2.75, 3.05) is 13.1 Å². The third-order valence-corrected chi connectivity index (χ3v) is 5.43. The second-order valence-electron chi connectivity index (χ2n) is 8.56. The molecule has 4 unspecified atom stereocenters. The van der Waals surface area contributed by atoms with Gasteiger partial charge in [-0.25, -0.2) is 4.79 Å². The standard InChI is InChI=1S/C22H40N6O9/c23-11-3-1-5-13(25)19(33)26-14(6-2-4-12-24)20(34)27-15(7-9-17(29)30)21(35)28-16(22(36)37)8-10-18(31)32/h13-16H,1-12,23-25H2,(H,26,33)(H,27,34)(H,28,35)(H,29,30)(H,31,32)(H,36,37). The monoisotopic (exact) mass is 532 g/mol. The van der Waals surface area contributed by atoms with Gasteiger partial charge in [-0.3, -0.25) is 24.0 Å². The van der Waals surface area contributed by atoms with Gasteiger partial charge >= 0.3 is 17.9 Å². The highest BCUT2D eigenvalue weighted by Gasteiger charge is 2.30. The highest BCUT2D eigenvalue weighted by atomic mass is 16.4. The first-order valence-electron chi connectivity index (χ1n) is 12.2. The Morgan fingerprint density at radius 3 is 1.43 bits per heavy atom. The van der Waals surface area contributed by atoms with Gasteiger partial charge in [-0.05, 0) is 58.0 Å². The number of hydrogen-bond acceptors (Lipinski definition) is 9. The van der Waals surface area contributed by atoms with Crippen molar-refractivity contribution in [3.63, 3.8) is 0 Å². The molecule has 0 rings (SSSR count). The summed E-state index contributed by atoms with van der Waals surface area (Å²) in [5, 5.41) is 34.2. The number of carbonyl (C=O) groups excluding carboxylic acids is 3. The molecule has 0 aliphatic heterocycles. The fraction of sp³-hybridized carbons (Fsp3) is 0.727. The number of hydrogen-bond donors (Lipinski definition) is 9. The minimum atomic E-state index is -1.57. The zero-order valence-electron chi connectivity index (χ0n) is 20.8. The number of rotatable bonds is 21. The second-order valence-corrected chi connectivity index (χ2v) is 8.56. The Morgan fingerprint density at radius 1 is 0.568 bits per heavy atom. The molecule has 4 atom stereocenters. The molecule has 0 radical (unpaired) electrons. The molecule has 0 aliphatic rings. The molecule has 0 heterocycles. The topological polar surface area (TPSA) is 277 Å². The quantitative estimate of drug-likeness (QED) is 0.0715. The molecule has 0 fully saturated rings. The number of unbranched alkanes of at least 4 members (excludes halogenated alkanes) is 2. The van der Waals surface area contributed by atoms with Gasteiger partial charge in [0.1, 0.15) is 18.1 Å². The largest absolute Gasteiger partial charge is 0.481 e. The summed E-state index contributed by atoms with van der Waals surface area (Å²) in [6, 6.07) is -5.03.